The quantitative estimate of drug-likeness (QED) is 0.477. The van der Waals surface area contributed by atoms with E-state index in [0.29, 0.717) is 26.0 Å². The molecule has 2 heterocycles. The van der Waals surface area contributed by atoms with Crippen molar-refractivity contribution in [3.8, 4) is 0 Å². The molecule has 0 bridgehead atoms. The van der Waals surface area contributed by atoms with Crippen LogP contribution in [-0.2, 0) is 14.3 Å². The number of hydrogen-bond acceptors (Lipinski definition) is 3. The second-order valence-electron chi connectivity index (χ2n) is 3.12. The average molecular weight is 155 g/mol. The first-order valence-corrected chi connectivity index (χ1v) is 3.67. The molecule has 1 N–H and O–H groups in total. The summed E-state index contributed by atoms with van der Waals surface area (Å²) in [5.41, 5.74) is -0.503. The molecular formula is C7H9NO3. The Morgan fingerprint density at radius 3 is 2.73 bits per heavy atom. The minimum absolute atomic E-state index is 0.0381. The molecule has 0 aromatic rings. The van der Waals surface area contributed by atoms with Gasteiger partial charge in [-0.25, -0.2) is 0 Å². The van der Waals surface area contributed by atoms with E-state index in [0.717, 1.165) is 0 Å². The van der Waals surface area contributed by atoms with E-state index in [2.05, 4.69) is 5.32 Å². The summed E-state index contributed by atoms with van der Waals surface area (Å²) in [5, 5.41) is 2.64. The van der Waals surface area contributed by atoms with Crippen LogP contribution in [-0.4, -0.2) is 25.0 Å². The number of rotatable bonds is 0. The molecule has 4 nitrogen and oxygen atoms in total. The van der Waals surface area contributed by atoms with Gasteiger partial charge in [0.25, 0.3) is 0 Å². The van der Waals surface area contributed by atoms with E-state index in [-0.39, 0.29) is 11.9 Å². The van der Waals surface area contributed by atoms with Crippen LogP contribution in [0, 0.1) is 5.41 Å². The predicted molar refractivity (Wildman–Crippen MR) is 35.6 cm³/mol. The topological polar surface area (TPSA) is 55.4 Å². The van der Waals surface area contributed by atoms with Crippen LogP contribution in [0.4, 0.5) is 0 Å². The van der Waals surface area contributed by atoms with Gasteiger partial charge in [0, 0.05) is 13.0 Å². The van der Waals surface area contributed by atoms with Gasteiger partial charge in [-0.05, 0) is 6.42 Å². The molecule has 11 heavy (non-hydrogen) atoms. The number of ether oxygens (including phenoxy) is 1. The molecule has 0 aliphatic carbocycles. The Balaban J connectivity index is 2.22. The van der Waals surface area contributed by atoms with Gasteiger partial charge in [-0.1, -0.05) is 0 Å². The summed E-state index contributed by atoms with van der Waals surface area (Å²) in [7, 11) is 0. The van der Waals surface area contributed by atoms with Crippen LogP contribution in [0.1, 0.15) is 12.8 Å². The molecule has 2 aliphatic heterocycles. The van der Waals surface area contributed by atoms with Crippen molar-refractivity contribution in [3.63, 3.8) is 0 Å². The number of hydrogen-bond donors (Lipinski definition) is 1. The van der Waals surface area contributed by atoms with Crippen LogP contribution >= 0.6 is 0 Å². The zero-order chi connectivity index (χ0) is 7.90. The fourth-order valence-electron chi connectivity index (χ4n) is 1.62. The van der Waals surface area contributed by atoms with E-state index in [1.165, 1.54) is 0 Å². The summed E-state index contributed by atoms with van der Waals surface area (Å²) in [6.07, 6.45) is 0.996. The third-order valence-electron chi connectivity index (χ3n) is 2.37. The molecule has 4 heteroatoms. The molecule has 0 aromatic carbocycles. The van der Waals surface area contributed by atoms with Crippen molar-refractivity contribution in [1.29, 1.82) is 0 Å². The zero-order valence-corrected chi connectivity index (χ0v) is 6.05. The van der Waals surface area contributed by atoms with Crippen molar-refractivity contribution < 1.29 is 14.3 Å². The second-order valence-corrected chi connectivity index (χ2v) is 3.12. The minimum atomic E-state index is -0.503. The Bertz CT molecular complexity index is 226. The average Bonchev–Trinajstić information content (AvgIpc) is 2.46. The summed E-state index contributed by atoms with van der Waals surface area (Å²) in [5.74, 6) is -0.250. The van der Waals surface area contributed by atoms with Crippen molar-refractivity contribution in [2.24, 2.45) is 5.41 Å². The van der Waals surface area contributed by atoms with E-state index in [1.54, 1.807) is 0 Å². The van der Waals surface area contributed by atoms with E-state index in [9.17, 15) is 9.59 Å². The van der Waals surface area contributed by atoms with Crippen LogP contribution in [0.3, 0.4) is 0 Å². The predicted octanol–water partition coefficient (Wildman–Crippen LogP) is -0.560. The van der Waals surface area contributed by atoms with Gasteiger partial charge < -0.3 is 10.1 Å². The lowest BCUT2D eigenvalue weighted by Crippen LogP contribution is -2.28. The first-order valence-electron chi connectivity index (χ1n) is 3.67. The summed E-state index contributed by atoms with van der Waals surface area (Å²) in [6.45, 7) is 0.929. The summed E-state index contributed by atoms with van der Waals surface area (Å²) in [6, 6.07) is 0. The molecule has 1 amide bonds. The molecule has 2 saturated heterocycles. The number of esters is 1. The first-order chi connectivity index (χ1) is 5.23. The van der Waals surface area contributed by atoms with Crippen LogP contribution in [0.25, 0.3) is 0 Å². The Morgan fingerprint density at radius 2 is 2.27 bits per heavy atom. The maximum absolute atomic E-state index is 11.1. The summed E-state index contributed by atoms with van der Waals surface area (Å²) >= 11 is 0. The third kappa shape index (κ3) is 0.818. The lowest BCUT2D eigenvalue weighted by atomic mass is 9.86. The Kier molecular flexibility index (Phi) is 1.19. The van der Waals surface area contributed by atoms with E-state index in [4.69, 9.17) is 4.74 Å². The van der Waals surface area contributed by atoms with E-state index < -0.39 is 5.41 Å². The summed E-state index contributed by atoms with van der Waals surface area (Å²) in [4.78, 5) is 22.0. The van der Waals surface area contributed by atoms with Crippen molar-refractivity contribution in [2.75, 3.05) is 13.2 Å². The van der Waals surface area contributed by atoms with Crippen molar-refractivity contribution in [2.45, 2.75) is 12.8 Å². The van der Waals surface area contributed by atoms with Gasteiger partial charge in [-0.2, -0.15) is 0 Å². The Morgan fingerprint density at radius 1 is 1.45 bits per heavy atom. The smallest absolute Gasteiger partial charge is 0.314 e. The highest BCUT2D eigenvalue weighted by Crippen LogP contribution is 2.35. The maximum atomic E-state index is 11.1. The molecule has 1 spiro atoms. The molecule has 0 radical (unpaired) electrons. The van der Waals surface area contributed by atoms with Crippen molar-refractivity contribution in [3.05, 3.63) is 0 Å². The normalized spacial score (nSPS) is 36.0. The molecule has 0 unspecified atom stereocenters. The van der Waals surface area contributed by atoms with Gasteiger partial charge in [0.1, 0.15) is 0 Å². The standard InChI is InChI=1S/C7H9NO3/c9-5-3-7(4-8-5)1-2-11-6(7)10/h1-4H2,(H,8,9)/t7-/m0/s1. The van der Waals surface area contributed by atoms with Gasteiger partial charge >= 0.3 is 5.97 Å². The van der Waals surface area contributed by atoms with Crippen molar-refractivity contribution in [1.82, 2.24) is 5.32 Å². The number of carbonyl (C=O) groups is 2. The second kappa shape index (κ2) is 1.96. The van der Waals surface area contributed by atoms with E-state index in [1.807, 2.05) is 0 Å². The monoisotopic (exact) mass is 155 g/mol. The summed E-state index contributed by atoms with van der Waals surface area (Å²) < 4.78 is 4.81. The first kappa shape index (κ1) is 6.64. The Hall–Kier alpha value is -1.06. The third-order valence-corrected chi connectivity index (χ3v) is 2.37. The molecular weight excluding hydrogens is 146 g/mol. The zero-order valence-electron chi connectivity index (χ0n) is 6.05. The maximum Gasteiger partial charge on any atom is 0.314 e. The van der Waals surface area contributed by atoms with Crippen LogP contribution in [0.15, 0.2) is 0 Å². The fourth-order valence-corrected chi connectivity index (χ4v) is 1.62. The highest BCUT2D eigenvalue weighted by Gasteiger charge is 2.49. The largest absolute Gasteiger partial charge is 0.465 e. The molecule has 2 fully saturated rings. The number of amides is 1. The highest BCUT2D eigenvalue weighted by atomic mass is 16.5. The molecule has 0 saturated carbocycles. The van der Waals surface area contributed by atoms with Gasteiger partial charge in [-0.3, -0.25) is 9.59 Å². The van der Waals surface area contributed by atoms with Gasteiger partial charge in [0.2, 0.25) is 5.91 Å². The molecule has 2 rings (SSSR count). The lowest BCUT2D eigenvalue weighted by molar-refractivity contribution is -0.146. The lowest BCUT2D eigenvalue weighted by Gasteiger charge is -2.12. The highest BCUT2D eigenvalue weighted by molar-refractivity contribution is 5.90. The van der Waals surface area contributed by atoms with Crippen molar-refractivity contribution >= 4 is 11.9 Å². The molecule has 0 aromatic heterocycles. The molecule has 60 valence electrons. The van der Waals surface area contributed by atoms with Crippen LogP contribution < -0.4 is 5.32 Å². The van der Waals surface area contributed by atoms with E-state index >= 15 is 0 Å². The van der Waals surface area contributed by atoms with Gasteiger partial charge in [0.15, 0.2) is 0 Å². The molecule has 2 aliphatic rings. The Labute approximate surface area is 63.9 Å². The molecule has 1 atom stereocenters. The van der Waals surface area contributed by atoms with Crippen LogP contribution in [0.5, 0.6) is 0 Å². The minimum Gasteiger partial charge on any atom is -0.465 e. The number of cyclic esters (lactones) is 1. The van der Waals surface area contributed by atoms with Gasteiger partial charge in [0.05, 0.1) is 12.0 Å². The number of nitrogens with one attached hydrogen (secondary N) is 1. The number of carbonyl (C=O) groups excluding carboxylic acids is 2. The van der Waals surface area contributed by atoms with Crippen LogP contribution in [0.2, 0.25) is 0 Å². The SMILES string of the molecule is O=C1C[C@@]2(CCOC2=O)CN1. The fraction of sp³-hybridized carbons (Fsp3) is 0.714. The van der Waals surface area contributed by atoms with Gasteiger partial charge in [-0.15, -0.1) is 0 Å².